The second-order valence-electron chi connectivity index (χ2n) is 4.66. The molecule has 5 nitrogen and oxygen atoms in total. The number of aryl methyl sites for hydroxylation is 1. The molecule has 1 atom stereocenters. The van der Waals surface area contributed by atoms with Crippen LogP contribution in [0.3, 0.4) is 0 Å². The first-order valence-electron chi connectivity index (χ1n) is 6.67. The number of hydrogen-bond acceptors (Lipinski definition) is 4. The average Bonchev–Trinajstić information content (AvgIpc) is 2.46. The minimum atomic E-state index is -0.131. The summed E-state index contributed by atoms with van der Waals surface area (Å²) in [6.07, 6.45) is 0. The van der Waals surface area contributed by atoms with Gasteiger partial charge in [0.15, 0.2) is 0 Å². The smallest absolute Gasteiger partial charge is 0.238 e. The molecule has 0 radical (unpaired) electrons. The Morgan fingerprint density at radius 3 is 2.84 bits per heavy atom. The highest BCUT2D eigenvalue weighted by Gasteiger charge is 2.19. The number of carbonyl (C=O) groups is 1. The lowest BCUT2D eigenvalue weighted by molar-refractivity contribution is -0.123. The maximum absolute atomic E-state index is 11.8. The van der Waals surface area contributed by atoms with E-state index in [9.17, 15) is 4.79 Å². The first-order valence-corrected chi connectivity index (χ1v) is 6.67. The van der Waals surface area contributed by atoms with Crippen molar-refractivity contribution in [3.63, 3.8) is 0 Å². The molecule has 1 heterocycles. The molecule has 2 rings (SSSR count). The Bertz CT molecular complexity index is 400. The molecule has 19 heavy (non-hydrogen) atoms. The van der Waals surface area contributed by atoms with Gasteiger partial charge >= 0.3 is 0 Å². The summed E-state index contributed by atoms with van der Waals surface area (Å²) in [5, 5.41) is 9.22. The summed E-state index contributed by atoms with van der Waals surface area (Å²) in [5.41, 5.74) is 1.21. The predicted molar refractivity (Wildman–Crippen MR) is 74.3 cm³/mol. The first-order chi connectivity index (χ1) is 9.25. The molecule has 0 aromatic heterocycles. The van der Waals surface area contributed by atoms with Crippen molar-refractivity contribution in [3.05, 3.63) is 29.8 Å². The Kier molecular flexibility index (Phi) is 5.18. The normalized spacial score (nSPS) is 18.9. The Hall–Kier alpha value is -1.59. The van der Waals surface area contributed by atoms with E-state index in [0.29, 0.717) is 19.7 Å². The van der Waals surface area contributed by atoms with Crippen LogP contribution in [0.25, 0.3) is 0 Å². The zero-order valence-corrected chi connectivity index (χ0v) is 11.2. The second kappa shape index (κ2) is 7.11. The van der Waals surface area contributed by atoms with E-state index in [-0.39, 0.29) is 11.9 Å². The van der Waals surface area contributed by atoms with Gasteiger partial charge in [-0.15, -0.1) is 0 Å². The Balaban J connectivity index is 1.63. The van der Waals surface area contributed by atoms with Gasteiger partial charge in [0.1, 0.15) is 12.4 Å². The summed E-state index contributed by atoms with van der Waals surface area (Å²) in [7, 11) is 0. The summed E-state index contributed by atoms with van der Waals surface area (Å²) in [5.74, 6) is 0.858. The number of amides is 1. The van der Waals surface area contributed by atoms with Crippen LogP contribution in [-0.4, -0.2) is 44.7 Å². The van der Waals surface area contributed by atoms with Crippen LogP contribution >= 0.6 is 0 Å². The molecule has 0 bridgehead atoms. The van der Waals surface area contributed by atoms with Crippen LogP contribution in [0.15, 0.2) is 24.3 Å². The Labute approximate surface area is 113 Å². The van der Waals surface area contributed by atoms with E-state index in [4.69, 9.17) is 4.74 Å². The van der Waals surface area contributed by atoms with E-state index in [0.717, 1.165) is 18.8 Å². The molecule has 1 unspecified atom stereocenters. The lowest BCUT2D eigenvalue weighted by atomic mass is 10.2. The molecule has 1 aliphatic heterocycles. The maximum Gasteiger partial charge on any atom is 0.238 e. The molecule has 0 spiro atoms. The highest BCUT2D eigenvalue weighted by molar-refractivity contribution is 5.82. The zero-order valence-electron chi connectivity index (χ0n) is 11.2. The summed E-state index contributed by atoms with van der Waals surface area (Å²) in [4.78, 5) is 11.8. The Morgan fingerprint density at radius 1 is 1.37 bits per heavy atom. The summed E-state index contributed by atoms with van der Waals surface area (Å²) >= 11 is 0. The summed E-state index contributed by atoms with van der Waals surface area (Å²) in [6, 6.07) is 7.75. The highest BCUT2D eigenvalue weighted by Crippen LogP contribution is 2.10. The van der Waals surface area contributed by atoms with Crippen molar-refractivity contribution in [1.29, 1.82) is 0 Å². The van der Waals surface area contributed by atoms with Crippen molar-refractivity contribution in [1.82, 2.24) is 16.0 Å². The molecule has 5 heteroatoms. The first kappa shape index (κ1) is 13.8. The minimum absolute atomic E-state index is 0.0275. The summed E-state index contributed by atoms with van der Waals surface area (Å²) < 4.78 is 5.55. The van der Waals surface area contributed by atoms with E-state index in [1.165, 1.54) is 5.56 Å². The molecule has 1 saturated heterocycles. The molecule has 0 aliphatic carbocycles. The number of piperazine rings is 1. The fraction of sp³-hybridized carbons (Fsp3) is 0.500. The SMILES string of the molecule is Cc1ccc(OCCNC(=O)C2CNCCN2)cc1. The van der Waals surface area contributed by atoms with Gasteiger partial charge in [0.05, 0.1) is 12.6 Å². The van der Waals surface area contributed by atoms with Gasteiger partial charge in [-0.05, 0) is 19.1 Å². The van der Waals surface area contributed by atoms with Gasteiger partial charge < -0.3 is 20.7 Å². The van der Waals surface area contributed by atoms with Crippen LogP contribution in [0.2, 0.25) is 0 Å². The lowest BCUT2D eigenvalue weighted by Crippen LogP contribution is -2.56. The monoisotopic (exact) mass is 263 g/mol. The standard InChI is InChI=1S/C14H21N3O2/c1-11-2-4-12(5-3-11)19-9-8-17-14(18)13-10-15-6-7-16-13/h2-5,13,15-16H,6-10H2,1H3,(H,17,18). The molecule has 104 valence electrons. The van der Waals surface area contributed by atoms with Crippen LogP contribution in [0.5, 0.6) is 5.75 Å². The van der Waals surface area contributed by atoms with Crippen LogP contribution in [0, 0.1) is 6.92 Å². The third-order valence-corrected chi connectivity index (χ3v) is 3.05. The van der Waals surface area contributed by atoms with Gasteiger partial charge in [0.2, 0.25) is 5.91 Å². The van der Waals surface area contributed by atoms with Crippen molar-refractivity contribution in [2.75, 3.05) is 32.8 Å². The quantitative estimate of drug-likeness (QED) is 0.657. The van der Waals surface area contributed by atoms with Gasteiger partial charge in [-0.2, -0.15) is 0 Å². The highest BCUT2D eigenvalue weighted by atomic mass is 16.5. The van der Waals surface area contributed by atoms with E-state index in [2.05, 4.69) is 16.0 Å². The van der Waals surface area contributed by atoms with E-state index in [1.54, 1.807) is 0 Å². The number of benzene rings is 1. The molecule has 0 saturated carbocycles. The van der Waals surface area contributed by atoms with Crippen molar-refractivity contribution in [2.45, 2.75) is 13.0 Å². The second-order valence-corrected chi connectivity index (χ2v) is 4.66. The third-order valence-electron chi connectivity index (χ3n) is 3.05. The maximum atomic E-state index is 11.8. The van der Waals surface area contributed by atoms with Crippen molar-refractivity contribution in [2.24, 2.45) is 0 Å². The van der Waals surface area contributed by atoms with Gasteiger partial charge in [-0.25, -0.2) is 0 Å². The molecular formula is C14H21N3O2. The van der Waals surface area contributed by atoms with Crippen molar-refractivity contribution in [3.8, 4) is 5.75 Å². The van der Waals surface area contributed by atoms with Crippen molar-refractivity contribution < 1.29 is 9.53 Å². The molecular weight excluding hydrogens is 242 g/mol. The number of ether oxygens (including phenoxy) is 1. The predicted octanol–water partition coefficient (Wildman–Crippen LogP) is 0.0514. The molecule has 1 aromatic carbocycles. The van der Waals surface area contributed by atoms with E-state index >= 15 is 0 Å². The average molecular weight is 263 g/mol. The van der Waals surface area contributed by atoms with E-state index < -0.39 is 0 Å². The molecule has 1 aromatic rings. The molecule has 1 fully saturated rings. The molecule has 1 amide bonds. The van der Waals surface area contributed by atoms with Gasteiger partial charge in [0.25, 0.3) is 0 Å². The van der Waals surface area contributed by atoms with Crippen LogP contribution in [-0.2, 0) is 4.79 Å². The van der Waals surface area contributed by atoms with Crippen molar-refractivity contribution >= 4 is 5.91 Å². The lowest BCUT2D eigenvalue weighted by Gasteiger charge is -2.23. The van der Waals surface area contributed by atoms with Gasteiger partial charge in [0, 0.05) is 19.6 Å². The Morgan fingerprint density at radius 2 is 2.16 bits per heavy atom. The fourth-order valence-corrected chi connectivity index (χ4v) is 1.94. The number of rotatable bonds is 5. The third kappa shape index (κ3) is 4.54. The van der Waals surface area contributed by atoms with Gasteiger partial charge in [-0.1, -0.05) is 17.7 Å². The largest absolute Gasteiger partial charge is 0.492 e. The summed E-state index contributed by atoms with van der Waals surface area (Å²) in [6.45, 7) is 5.47. The number of nitrogens with one attached hydrogen (secondary N) is 3. The fourth-order valence-electron chi connectivity index (χ4n) is 1.94. The molecule has 3 N–H and O–H groups in total. The number of hydrogen-bond donors (Lipinski definition) is 3. The van der Waals surface area contributed by atoms with Crippen LogP contribution in [0.4, 0.5) is 0 Å². The minimum Gasteiger partial charge on any atom is -0.492 e. The van der Waals surface area contributed by atoms with Crippen LogP contribution < -0.4 is 20.7 Å². The van der Waals surface area contributed by atoms with Crippen LogP contribution in [0.1, 0.15) is 5.56 Å². The molecule has 1 aliphatic rings. The van der Waals surface area contributed by atoms with Gasteiger partial charge in [-0.3, -0.25) is 4.79 Å². The van der Waals surface area contributed by atoms with E-state index in [1.807, 2.05) is 31.2 Å². The zero-order chi connectivity index (χ0) is 13.5. The topological polar surface area (TPSA) is 62.4 Å². The number of carbonyl (C=O) groups excluding carboxylic acids is 1.